The minimum Gasteiger partial charge on any atom is -0.493 e. The van der Waals surface area contributed by atoms with E-state index in [0.717, 1.165) is 0 Å². The second-order valence-corrected chi connectivity index (χ2v) is 6.40. The molecule has 7 nitrogen and oxygen atoms in total. The summed E-state index contributed by atoms with van der Waals surface area (Å²) < 4.78 is 21.8. The van der Waals surface area contributed by atoms with E-state index in [0.29, 0.717) is 39.3 Å². The van der Waals surface area contributed by atoms with Crippen LogP contribution in [0.4, 0.5) is 0 Å². The van der Waals surface area contributed by atoms with E-state index in [2.05, 4.69) is 4.98 Å². The van der Waals surface area contributed by atoms with Crippen LogP contribution in [0.2, 0.25) is 0 Å². The van der Waals surface area contributed by atoms with Gasteiger partial charge in [0.25, 0.3) is 5.56 Å². The van der Waals surface area contributed by atoms with Crippen molar-refractivity contribution < 1.29 is 23.7 Å². The molecule has 1 N–H and O–H groups in total. The number of aromatic amines is 1. The van der Waals surface area contributed by atoms with Crippen LogP contribution in [-0.4, -0.2) is 32.3 Å². The highest BCUT2D eigenvalue weighted by Gasteiger charge is 2.35. The second kappa shape index (κ2) is 6.92. The number of carbonyl (C=O) groups is 1. The number of rotatable bonds is 4. The van der Waals surface area contributed by atoms with Crippen molar-refractivity contribution in [3.8, 4) is 23.0 Å². The van der Waals surface area contributed by atoms with Gasteiger partial charge in [0.2, 0.25) is 5.75 Å². The molecule has 1 unspecified atom stereocenters. The lowest BCUT2D eigenvalue weighted by Crippen LogP contribution is -2.28. The lowest BCUT2D eigenvalue weighted by atomic mass is 9.85. The topological polar surface area (TPSA) is 86.9 Å². The number of hydrogen-bond acceptors (Lipinski definition) is 6. The van der Waals surface area contributed by atoms with Gasteiger partial charge in [-0.15, -0.1) is 0 Å². The summed E-state index contributed by atoms with van der Waals surface area (Å²) in [4.78, 5) is 28.2. The van der Waals surface area contributed by atoms with Crippen molar-refractivity contribution in [2.45, 2.75) is 12.3 Å². The SMILES string of the molecule is COc1ccc(C2CC(=O)Oc3c2c(=O)[nH]c2ccccc32)c(OC)c1OC. The lowest BCUT2D eigenvalue weighted by Gasteiger charge is -2.27. The summed E-state index contributed by atoms with van der Waals surface area (Å²) in [5, 5.41) is 0.676. The maximum atomic E-state index is 12.9. The minimum absolute atomic E-state index is 0.0142. The molecule has 1 aliphatic rings. The van der Waals surface area contributed by atoms with Crippen molar-refractivity contribution in [2.75, 3.05) is 21.3 Å². The molecule has 0 spiro atoms. The zero-order valence-electron chi connectivity index (χ0n) is 15.7. The first-order chi connectivity index (χ1) is 13.6. The molecule has 0 aliphatic carbocycles. The Balaban J connectivity index is 2.01. The van der Waals surface area contributed by atoms with E-state index in [1.54, 1.807) is 18.2 Å². The van der Waals surface area contributed by atoms with Crippen molar-refractivity contribution >= 4 is 16.9 Å². The van der Waals surface area contributed by atoms with E-state index in [1.165, 1.54) is 21.3 Å². The van der Waals surface area contributed by atoms with E-state index in [1.807, 2.05) is 18.2 Å². The Morgan fingerprint density at radius 1 is 0.964 bits per heavy atom. The first-order valence-electron chi connectivity index (χ1n) is 8.73. The van der Waals surface area contributed by atoms with Gasteiger partial charge in [-0.05, 0) is 18.2 Å². The quantitative estimate of drug-likeness (QED) is 0.699. The summed E-state index contributed by atoms with van der Waals surface area (Å²) in [6.07, 6.45) is 0.0142. The third-order valence-electron chi connectivity index (χ3n) is 4.95. The van der Waals surface area contributed by atoms with Crippen LogP contribution >= 0.6 is 0 Å². The Bertz CT molecular complexity index is 1130. The molecule has 0 saturated heterocycles. The summed E-state index contributed by atoms with van der Waals surface area (Å²) in [5.41, 5.74) is 1.35. The summed E-state index contributed by atoms with van der Waals surface area (Å²) in [5.74, 6) is 0.649. The number of esters is 1. The first-order valence-corrected chi connectivity index (χ1v) is 8.73. The van der Waals surface area contributed by atoms with Gasteiger partial charge >= 0.3 is 5.97 Å². The van der Waals surface area contributed by atoms with E-state index in [9.17, 15) is 9.59 Å². The van der Waals surface area contributed by atoms with Crippen LogP contribution in [-0.2, 0) is 4.79 Å². The number of methoxy groups -OCH3 is 3. The molecule has 0 fully saturated rings. The average molecular weight is 381 g/mol. The summed E-state index contributed by atoms with van der Waals surface area (Å²) in [6, 6.07) is 10.7. The fourth-order valence-electron chi connectivity index (χ4n) is 3.74. The Hall–Kier alpha value is -3.48. The fraction of sp³-hybridized carbons (Fsp3) is 0.238. The second-order valence-electron chi connectivity index (χ2n) is 6.40. The number of hydrogen-bond donors (Lipinski definition) is 1. The van der Waals surface area contributed by atoms with Crippen LogP contribution < -0.4 is 24.5 Å². The molecule has 3 aromatic rings. The van der Waals surface area contributed by atoms with Crippen molar-refractivity contribution in [1.29, 1.82) is 0 Å². The van der Waals surface area contributed by atoms with Gasteiger partial charge < -0.3 is 23.9 Å². The number of pyridine rings is 1. The Morgan fingerprint density at radius 2 is 1.71 bits per heavy atom. The Morgan fingerprint density at radius 3 is 2.43 bits per heavy atom. The van der Waals surface area contributed by atoms with Crippen molar-refractivity contribution in [2.24, 2.45) is 0 Å². The van der Waals surface area contributed by atoms with Gasteiger partial charge in [-0.25, -0.2) is 0 Å². The van der Waals surface area contributed by atoms with Crippen molar-refractivity contribution in [1.82, 2.24) is 4.98 Å². The molecule has 2 heterocycles. The molecule has 0 bridgehead atoms. The van der Waals surface area contributed by atoms with Gasteiger partial charge in [-0.1, -0.05) is 18.2 Å². The lowest BCUT2D eigenvalue weighted by molar-refractivity contribution is -0.135. The molecular formula is C21H19NO6. The molecule has 0 amide bonds. The highest BCUT2D eigenvalue weighted by molar-refractivity contribution is 5.91. The van der Waals surface area contributed by atoms with E-state index < -0.39 is 11.9 Å². The molecule has 1 atom stereocenters. The van der Waals surface area contributed by atoms with Gasteiger partial charge in [0.15, 0.2) is 11.5 Å². The van der Waals surface area contributed by atoms with Crippen molar-refractivity contribution in [3.05, 3.63) is 57.9 Å². The van der Waals surface area contributed by atoms with Crippen LogP contribution in [0.1, 0.15) is 23.5 Å². The molecule has 28 heavy (non-hydrogen) atoms. The molecule has 144 valence electrons. The van der Waals surface area contributed by atoms with Crippen LogP contribution in [0.3, 0.4) is 0 Å². The zero-order valence-corrected chi connectivity index (χ0v) is 15.7. The molecule has 7 heteroatoms. The third kappa shape index (κ3) is 2.67. The summed E-state index contributed by atoms with van der Waals surface area (Å²) in [6.45, 7) is 0. The number of para-hydroxylation sites is 1. The monoisotopic (exact) mass is 381 g/mol. The molecule has 1 aromatic heterocycles. The highest BCUT2D eigenvalue weighted by atomic mass is 16.5. The van der Waals surface area contributed by atoms with Crippen LogP contribution in [0.15, 0.2) is 41.2 Å². The molecule has 4 rings (SSSR count). The van der Waals surface area contributed by atoms with Crippen LogP contribution in [0, 0.1) is 0 Å². The van der Waals surface area contributed by atoms with Crippen LogP contribution in [0.25, 0.3) is 10.9 Å². The largest absolute Gasteiger partial charge is 0.493 e. The predicted octanol–water partition coefficient (Wildman–Crippen LogP) is 2.99. The maximum absolute atomic E-state index is 12.9. The normalized spacial score (nSPS) is 15.7. The third-order valence-corrected chi connectivity index (χ3v) is 4.95. The number of fused-ring (bicyclic) bond motifs is 3. The van der Waals surface area contributed by atoms with Gasteiger partial charge in [-0.3, -0.25) is 9.59 Å². The number of H-pyrrole nitrogens is 1. The number of aromatic nitrogens is 1. The number of benzene rings is 2. The highest BCUT2D eigenvalue weighted by Crippen LogP contribution is 2.48. The summed E-state index contributed by atoms with van der Waals surface area (Å²) >= 11 is 0. The first kappa shape index (κ1) is 17.9. The molecule has 2 aromatic carbocycles. The van der Waals surface area contributed by atoms with E-state index in [-0.39, 0.29) is 17.7 Å². The van der Waals surface area contributed by atoms with E-state index in [4.69, 9.17) is 18.9 Å². The molecule has 0 saturated carbocycles. The maximum Gasteiger partial charge on any atom is 0.312 e. The van der Waals surface area contributed by atoms with E-state index >= 15 is 0 Å². The van der Waals surface area contributed by atoms with Gasteiger partial charge in [0, 0.05) is 16.9 Å². The Labute approximate surface area is 160 Å². The zero-order chi connectivity index (χ0) is 19.8. The number of carbonyl (C=O) groups excluding carboxylic acids is 1. The predicted molar refractivity (Wildman–Crippen MR) is 103 cm³/mol. The number of ether oxygens (including phenoxy) is 4. The smallest absolute Gasteiger partial charge is 0.312 e. The van der Waals surface area contributed by atoms with Gasteiger partial charge in [0.1, 0.15) is 5.75 Å². The van der Waals surface area contributed by atoms with Crippen molar-refractivity contribution in [3.63, 3.8) is 0 Å². The standard InChI is InChI=1S/C21H19NO6/c1-25-15-9-8-11(19(26-2)20(15)27-3)13-10-16(23)28-18-12-6-4-5-7-14(12)22-21(24)17(13)18/h4-9,13H,10H2,1-3H3,(H,22,24). The molecular weight excluding hydrogens is 362 g/mol. The number of nitrogens with one attached hydrogen (secondary N) is 1. The minimum atomic E-state index is -0.542. The average Bonchev–Trinajstić information content (AvgIpc) is 2.71. The molecule has 0 radical (unpaired) electrons. The van der Waals surface area contributed by atoms with Gasteiger partial charge in [-0.2, -0.15) is 0 Å². The fourth-order valence-corrected chi connectivity index (χ4v) is 3.74. The van der Waals surface area contributed by atoms with Gasteiger partial charge in [0.05, 0.1) is 38.8 Å². The summed E-state index contributed by atoms with van der Waals surface area (Å²) in [7, 11) is 4.54. The molecule has 1 aliphatic heterocycles. The van der Waals surface area contributed by atoms with Crippen LogP contribution in [0.5, 0.6) is 23.0 Å². The Kier molecular flexibility index (Phi) is 4.43.